The number of nitro groups is 1. The van der Waals surface area contributed by atoms with Crippen molar-refractivity contribution >= 4 is 11.8 Å². The molecule has 0 radical (unpaired) electrons. The summed E-state index contributed by atoms with van der Waals surface area (Å²) in [6.07, 6.45) is 0.637. The van der Waals surface area contributed by atoms with Gasteiger partial charge in [0.1, 0.15) is 4.92 Å². The Hall–Kier alpha value is -1.93. The number of furan rings is 1. The third-order valence-electron chi connectivity index (χ3n) is 2.18. The van der Waals surface area contributed by atoms with Crippen LogP contribution in [0.3, 0.4) is 0 Å². The molecular formula is C11H16N2O6. The van der Waals surface area contributed by atoms with Crippen LogP contribution in [0.1, 0.15) is 17.0 Å². The van der Waals surface area contributed by atoms with Crippen LogP contribution in [-0.2, 0) is 9.47 Å². The van der Waals surface area contributed by atoms with E-state index in [0.29, 0.717) is 32.8 Å². The van der Waals surface area contributed by atoms with Crippen LogP contribution < -0.4 is 5.32 Å². The minimum Gasteiger partial charge on any atom is -0.395 e. The fourth-order valence-corrected chi connectivity index (χ4v) is 1.26. The second kappa shape index (κ2) is 8.22. The molecule has 1 heterocycles. The van der Waals surface area contributed by atoms with E-state index < -0.39 is 16.7 Å². The summed E-state index contributed by atoms with van der Waals surface area (Å²) in [4.78, 5) is 21.2. The quantitative estimate of drug-likeness (QED) is 0.408. The average Bonchev–Trinajstić information content (AvgIpc) is 2.87. The Kier molecular flexibility index (Phi) is 6.55. The summed E-state index contributed by atoms with van der Waals surface area (Å²) >= 11 is 0. The number of nitrogens with one attached hydrogen (secondary N) is 1. The summed E-state index contributed by atoms with van der Waals surface area (Å²) in [5.74, 6) is -1.01. The highest BCUT2D eigenvalue weighted by atomic mass is 16.6. The number of hydrogen-bond donors (Lipinski definition) is 1. The van der Waals surface area contributed by atoms with E-state index in [4.69, 9.17) is 13.9 Å². The maximum Gasteiger partial charge on any atom is 0.433 e. The van der Waals surface area contributed by atoms with Gasteiger partial charge in [-0.1, -0.05) is 0 Å². The molecule has 1 aromatic rings. The molecule has 19 heavy (non-hydrogen) atoms. The zero-order valence-electron chi connectivity index (χ0n) is 10.6. The Morgan fingerprint density at radius 1 is 1.42 bits per heavy atom. The van der Waals surface area contributed by atoms with E-state index >= 15 is 0 Å². The summed E-state index contributed by atoms with van der Waals surface area (Å²) in [6, 6.07) is 2.41. The van der Waals surface area contributed by atoms with Crippen LogP contribution in [0.4, 0.5) is 5.88 Å². The van der Waals surface area contributed by atoms with Crippen molar-refractivity contribution in [2.24, 2.45) is 0 Å². The summed E-state index contributed by atoms with van der Waals surface area (Å²) in [5.41, 5.74) is 0. The molecule has 0 aromatic carbocycles. The molecule has 0 aliphatic carbocycles. The molecular weight excluding hydrogens is 256 g/mol. The van der Waals surface area contributed by atoms with E-state index in [-0.39, 0.29) is 5.76 Å². The number of ether oxygens (including phenoxy) is 2. The molecule has 0 saturated heterocycles. The summed E-state index contributed by atoms with van der Waals surface area (Å²) in [5, 5.41) is 13.0. The SMILES string of the molecule is COCCOCCCNC(=O)c1ccc([N+](=O)[O-])o1. The highest BCUT2D eigenvalue weighted by Crippen LogP contribution is 2.15. The van der Waals surface area contributed by atoms with Crippen LogP contribution in [0.15, 0.2) is 16.5 Å². The Labute approximate surface area is 109 Å². The topological polar surface area (TPSA) is 104 Å². The van der Waals surface area contributed by atoms with Crippen molar-refractivity contribution in [3.05, 3.63) is 28.0 Å². The molecule has 106 valence electrons. The van der Waals surface area contributed by atoms with Crippen molar-refractivity contribution < 1.29 is 23.6 Å². The van der Waals surface area contributed by atoms with Crippen molar-refractivity contribution in [1.29, 1.82) is 0 Å². The second-order valence-electron chi connectivity index (χ2n) is 3.61. The molecule has 8 heteroatoms. The van der Waals surface area contributed by atoms with Gasteiger partial charge in [-0.3, -0.25) is 14.9 Å². The summed E-state index contributed by atoms with van der Waals surface area (Å²) in [7, 11) is 1.59. The first kappa shape index (κ1) is 15.1. The van der Waals surface area contributed by atoms with Crippen LogP contribution in [0, 0.1) is 10.1 Å². The van der Waals surface area contributed by atoms with Crippen LogP contribution in [-0.4, -0.2) is 44.3 Å². The van der Waals surface area contributed by atoms with Gasteiger partial charge in [-0.25, -0.2) is 0 Å². The van der Waals surface area contributed by atoms with Gasteiger partial charge in [-0.2, -0.15) is 0 Å². The third kappa shape index (κ3) is 5.49. The van der Waals surface area contributed by atoms with Crippen molar-refractivity contribution in [3.63, 3.8) is 0 Å². The Bertz CT molecular complexity index is 417. The molecule has 0 atom stereocenters. The van der Waals surface area contributed by atoms with Gasteiger partial charge >= 0.3 is 5.88 Å². The molecule has 0 spiro atoms. The summed E-state index contributed by atoms with van der Waals surface area (Å²) < 4.78 is 14.8. The van der Waals surface area contributed by atoms with Gasteiger partial charge in [0.25, 0.3) is 5.91 Å². The third-order valence-corrected chi connectivity index (χ3v) is 2.18. The van der Waals surface area contributed by atoms with E-state index in [1.165, 1.54) is 6.07 Å². The van der Waals surface area contributed by atoms with Crippen molar-refractivity contribution in [2.45, 2.75) is 6.42 Å². The van der Waals surface area contributed by atoms with Crippen LogP contribution in [0.25, 0.3) is 0 Å². The zero-order chi connectivity index (χ0) is 14.1. The van der Waals surface area contributed by atoms with Gasteiger partial charge in [0.05, 0.1) is 19.3 Å². The Balaban J connectivity index is 2.18. The second-order valence-corrected chi connectivity index (χ2v) is 3.61. The largest absolute Gasteiger partial charge is 0.433 e. The fraction of sp³-hybridized carbons (Fsp3) is 0.545. The first-order valence-corrected chi connectivity index (χ1v) is 5.74. The molecule has 1 aromatic heterocycles. The van der Waals surface area contributed by atoms with Crippen molar-refractivity contribution in [1.82, 2.24) is 5.32 Å². The first-order valence-electron chi connectivity index (χ1n) is 5.74. The van der Waals surface area contributed by atoms with Crippen LogP contribution in [0.5, 0.6) is 0 Å². The predicted molar refractivity (Wildman–Crippen MR) is 65.0 cm³/mol. The Morgan fingerprint density at radius 3 is 2.84 bits per heavy atom. The van der Waals surface area contributed by atoms with E-state index in [1.807, 2.05) is 0 Å². The first-order chi connectivity index (χ1) is 9.15. The lowest BCUT2D eigenvalue weighted by atomic mass is 10.4. The normalized spacial score (nSPS) is 10.4. The molecule has 1 amide bonds. The van der Waals surface area contributed by atoms with E-state index in [9.17, 15) is 14.9 Å². The molecule has 8 nitrogen and oxygen atoms in total. The Morgan fingerprint density at radius 2 is 2.21 bits per heavy atom. The van der Waals surface area contributed by atoms with Gasteiger partial charge < -0.3 is 19.2 Å². The highest BCUT2D eigenvalue weighted by Gasteiger charge is 2.16. The lowest BCUT2D eigenvalue weighted by Gasteiger charge is -2.04. The predicted octanol–water partition coefficient (Wildman–Crippen LogP) is 0.971. The number of rotatable bonds is 9. The van der Waals surface area contributed by atoms with Crippen molar-refractivity contribution in [3.8, 4) is 0 Å². The molecule has 0 aliphatic rings. The van der Waals surface area contributed by atoms with Gasteiger partial charge in [0.2, 0.25) is 0 Å². The molecule has 1 rings (SSSR count). The van der Waals surface area contributed by atoms with Gasteiger partial charge in [0, 0.05) is 20.3 Å². The maximum atomic E-state index is 11.5. The smallest absolute Gasteiger partial charge is 0.395 e. The molecule has 1 N–H and O–H groups in total. The van der Waals surface area contributed by atoms with Crippen molar-refractivity contribution in [2.75, 3.05) is 33.5 Å². The van der Waals surface area contributed by atoms with Gasteiger partial charge in [-0.05, 0) is 12.5 Å². The average molecular weight is 272 g/mol. The molecule has 0 unspecified atom stereocenters. The standard InChI is InChI=1S/C11H16N2O6/c1-17-7-8-18-6-2-5-12-11(14)9-3-4-10(19-9)13(15)16/h3-4H,2,5-8H2,1H3,(H,12,14). The molecule has 0 fully saturated rings. The zero-order valence-corrected chi connectivity index (χ0v) is 10.6. The fourth-order valence-electron chi connectivity index (χ4n) is 1.26. The lowest BCUT2D eigenvalue weighted by Crippen LogP contribution is -2.25. The number of carbonyl (C=O) groups is 1. The molecule has 0 aliphatic heterocycles. The maximum absolute atomic E-state index is 11.5. The number of carbonyl (C=O) groups excluding carboxylic acids is 1. The van der Waals surface area contributed by atoms with Gasteiger partial charge in [0.15, 0.2) is 5.76 Å². The van der Waals surface area contributed by atoms with Crippen LogP contribution in [0.2, 0.25) is 0 Å². The van der Waals surface area contributed by atoms with E-state index in [0.717, 1.165) is 6.07 Å². The molecule has 0 bridgehead atoms. The summed E-state index contributed by atoms with van der Waals surface area (Å²) in [6.45, 7) is 1.94. The number of hydrogen-bond acceptors (Lipinski definition) is 6. The molecule has 0 saturated carbocycles. The van der Waals surface area contributed by atoms with Crippen LogP contribution >= 0.6 is 0 Å². The monoisotopic (exact) mass is 272 g/mol. The highest BCUT2D eigenvalue weighted by molar-refractivity contribution is 5.91. The lowest BCUT2D eigenvalue weighted by molar-refractivity contribution is -0.402. The number of amides is 1. The minimum atomic E-state index is -0.694. The van der Waals surface area contributed by atoms with E-state index in [2.05, 4.69) is 5.32 Å². The van der Waals surface area contributed by atoms with Gasteiger partial charge in [-0.15, -0.1) is 0 Å². The number of methoxy groups -OCH3 is 1. The minimum absolute atomic E-state index is 0.0769. The number of nitrogens with zero attached hydrogens (tertiary/aromatic N) is 1. The van der Waals surface area contributed by atoms with E-state index in [1.54, 1.807) is 7.11 Å².